The summed E-state index contributed by atoms with van der Waals surface area (Å²) in [6.07, 6.45) is -3.52. The molecule has 0 spiro atoms. The van der Waals surface area contributed by atoms with E-state index in [9.17, 15) is 21.6 Å². The lowest BCUT2D eigenvalue weighted by Gasteiger charge is -2.28. The van der Waals surface area contributed by atoms with Crippen LogP contribution in [0, 0.1) is 11.3 Å². The van der Waals surface area contributed by atoms with Crippen LogP contribution in [0.25, 0.3) is 0 Å². The Morgan fingerprint density at radius 3 is 2.65 bits per heavy atom. The molecular formula is C14H16F3N3O2S. The van der Waals surface area contributed by atoms with Crippen LogP contribution in [0.3, 0.4) is 0 Å². The number of piperidine rings is 1. The van der Waals surface area contributed by atoms with Crippen molar-refractivity contribution >= 4 is 10.0 Å². The first-order valence-electron chi connectivity index (χ1n) is 7.00. The number of sulfonamides is 1. The molecule has 2 unspecified atom stereocenters. The molecule has 0 amide bonds. The Kier molecular flexibility index (Phi) is 4.98. The number of benzene rings is 1. The minimum absolute atomic E-state index is 0.152. The number of hydrogen-bond acceptors (Lipinski definition) is 4. The highest BCUT2D eigenvalue weighted by atomic mass is 32.2. The molecule has 0 saturated carbocycles. The van der Waals surface area contributed by atoms with E-state index in [1.54, 1.807) is 0 Å². The van der Waals surface area contributed by atoms with Crippen LogP contribution < -0.4 is 10.0 Å². The Labute approximate surface area is 132 Å². The molecule has 0 aromatic heterocycles. The third kappa shape index (κ3) is 4.22. The first kappa shape index (κ1) is 17.7. The van der Waals surface area contributed by atoms with Gasteiger partial charge in [0, 0.05) is 12.1 Å². The second kappa shape index (κ2) is 6.47. The number of nitrogens with zero attached hydrogens (tertiary/aromatic N) is 1. The largest absolute Gasteiger partial charge is 0.417 e. The molecule has 0 aliphatic carbocycles. The van der Waals surface area contributed by atoms with Gasteiger partial charge in [-0.15, -0.1) is 0 Å². The van der Waals surface area contributed by atoms with Gasteiger partial charge in [-0.25, -0.2) is 13.1 Å². The average molecular weight is 347 g/mol. The van der Waals surface area contributed by atoms with Crippen molar-refractivity contribution in [2.75, 3.05) is 6.54 Å². The average Bonchev–Trinajstić information content (AvgIpc) is 2.45. The van der Waals surface area contributed by atoms with Gasteiger partial charge in [-0.1, -0.05) is 0 Å². The van der Waals surface area contributed by atoms with Crippen LogP contribution in [0.15, 0.2) is 23.1 Å². The molecule has 1 saturated heterocycles. The number of nitriles is 1. The molecule has 1 aliphatic rings. The van der Waals surface area contributed by atoms with Crippen molar-refractivity contribution < 1.29 is 21.6 Å². The molecule has 126 valence electrons. The van der Waals surface area contributed by atoms with E-state index in [2.05, 4.69) is 10.0 Å². The lowest BCUT2D eigenvalue weighted by Crippen LogP contribution is -2.46. The van der Waals surface area contributed by atoms with Gasteiger partial charge < -0.3 is 5.32 Å². The number of halogens is 3. The quantitative estimate of drug-likeness (QED) is 0.876. The Morgan fingerprint density at radius 2 is 2.09 bits per heavy atom. The van der Waals surface area contributed by atoms with Crippen LogP contribution in [0.1, 0.15) is 30.9 Å². The molecule has 2 atom stereocenters. The predicted molar refractivity (Wildman–Crippen MR) is 77.0 cm³/mol. The summed E-state index contributed by atoms with van der Waals surface area (Å²) in [6.45, 7) is 2.58. The van der Waals surface area contributed by atoms with Gasteiger partial charge in [0.05, 0.1) is 22.1 Å². The molecule has 1 aromatic rings. The van der Waals surface area contributed by atoms with Crippen LogP contribution >= 0.6 is 0 Å². The van der Waals surface area contributed by atoms with E-state index in [1.807, 2.05) is 6.92 Å². The summed E-state index contributed by atoms with van der Waals surface area (Å²) in [6, 6.07) is 3.52. The Balaban J connectivity index is 2.28. The zero-order valence-corrected chi connectivity index (χ0v) is 13.1. The SMILES string of the molecule is CC1CC(NS(=O)(=O)c2ccc(C(F)(F)F)c(C#N)c2)CCN1. The van der Waals surface area contributed by atoms with E-state index in [0.717, 1.165) is 12.1 Å². The predicted octanol–water partition coefficient (Wildman–Crippen LogP) is 2.00. The van der Waals surface area contributed by atoms with Crippen molar-refractivity contribution in [2.45, 2.75) is 42.9 Å². The summed E-state index contributed by atoms with van der Waals surface area (Å²) in [7, 11) is -3.97. The Hall–Kier alpha value is -1.63. The van der Waals surface area contributed by atoms with Gasteiger partial charge in [-0.05, 0) is 44.5 Å². The van der Waals surface area contributed by atoms with Crippen LogP contribution in [-0.4, -0.2) is 27.0 Å². The number of rotatable bonds is 3. The normalized spacial score (nSPS) is 22.6. The molecule has 0 bridgehead atoms. The summed E-state index contributed by atoms with van der Waals surface area (Å²) in [4.78, 5) is -0.340. The van der Waals surface area contributed by atoms with Crippen LogP contribution in [-0.2, 0) is 16.2 Å². The zero-order chi connectivity index (χ0) is 17.3. The summed E-state index contributed by atoms with van der Waals surface area (Å²) >= 11 is 0. The molecule has 1 aliphatic heterocycles. The second-order valence-corrected chi connectivity index (χ2v) is 7.23. The summed E-state index contributed by atoms with van der Waals surface area (Å²) in [5.74, 6) is 0. The van der Waals surface area contributed by atoms with Gasteiger partial charge in [0.25, 0.3) is 0 Å². The Morgan fingerprint density at radius 1 is 1.39 bits per heavy atom. The Bertz CT molecular complexity index is 726. The van der Waals surface area contributed by atoms with E-state index >= 15 is 0 Å². The van der Waals surface area contributed by atoms with Crippen molar-refractivity contribution in [3.8, 4) is 6.07 Å². The molecule has 0 radical (unpaired) electrons. The van der Waals surface area contributed by atoms with E-state index in [1.165, 1.54) is 6.07 Å². The van der Waals surface area contributed by atoms with E-state index in [4.69, 9.17) is 5.26 Å². The third-order valence-electron chi connectivity index (χ3n) is 3.67. The molecular weight excluding hydrogens is 331 g/mol. The lowest BCUT2D eigenvalue weighted by molar-refractivity contribution is -0.137. The van der Waals surface area contributed by atoms with Crippen molar-refractivity contribution in [1.82, 2.24) is 10.0 Å². The van der Waals surface area contributed by atoms with Gasteiger partial charge in [0.1, 0.15) is 0 Å². The van der Waals surface area contributed by atoms with Gasteiger partial charge in [-0.3, -0.25) is 0 Å². The highest BCUT2D eigenvalue weighted by Gasteiger charge is 2.34. The van der Waals surface area contributed by atoms with Gasteiger partial charge in [0.2, 0.25) is 10.0 Å². The topological polar surface area (TPSA) is 82.0 Å². The maximum absolute atomic E-state index is 12.8. The van der Waals surface area contributed by atoms with Gasteiger partial charge in [0.15, 0.2) is 0 Å². The minimum atomic E-state index is -4.70. The standard InChI is InChI=1S/C14H16F3N3O2S/c1-9-6-11(4-5-19-9)20-23(21,22)12-2-3-13(14(15,16)17)10(7-12)8-18/h2-3,7,9,11,19-20H,4-6H2,1H3. The zero-order valence-electron chi connectivity index (χ0n) is 12.3. The monoisotopic (exact) mass is 347 g/mol. The fourth-order valence-corrected chi connectivity index (χ4v) is 3.87. The van der Waals surface area contributed by atoms with Crippen molar-refractivity contribution in [3.05, 3.63) is 29.3 Å². The second-order valence-electron chi connectivity index (χ2n) is 5.51. The molecule has 1 fully saturated rings. The minimum Gasteiger partial charge on any atom is -0.314 e. The van der Waals surface area contributed by atoms with Crippen LogP contribution in [0.2, 0.25) is 0 Å². The summed E-state index contributed by atoms with van der Waals surface area (Å²) in [5.41, 5.74) is -1.85. The van der Waals surface area contributed by atoms with Crippen LogP contribution in [0.4, 0.5) is 13.2 Å². The van der Waals surface area contributed by atoms with E-state index < -0.39 is 27.3 Å². The van der Waals surface area contributed by atoms with Crippen molar-refractivity contribution in [3.63, 3.8) is 0 Å². The smallest absolute Gasteiger partial charge is 0.314 e. The first-order chi connectivity index (χ1) is 10.6. The molecule has 5 nitrogen and oxygen atoms in total. The summed E-state index contributed by atoms with van der Waals surface area (Å²) < 4.78 is 65.4. The fourth-order valence-electron chi connectivity index (χ4n) is 2.56. The summed E-state index contributed by atoms with van der Waals surface area (Å²) in [5, 5.41) is 12.0. The van der Waals surface area contributed by atoms with Gasteiger partial charge >= 0.3 is 6.18 Å². The third-order valence-corrected chi connectivity index (χ3v) is 5.19. The number of alkyl halides is 3. The number of hydrogen-bond donors (Lipinski definition) is 2. The highest BCUT2D eigenvalue weighted by Crippen LogP contribution is 2.32. The molecule has 1 aromatic carbocycles. The lowest BCUT2D eigenvalue weighted by atomic mass is 10.0. The maximum Gasteiger partial charge on any atom is 0.417 e. The van der Waals surface area contributed by atoms with Gasteiger partial charge in [-0.2, -0.15) is 18.4 Å². The fraction of sp³-hybridized carbons (Fsp3) is 0.500. The molecule has 23 heavy (non-hydrogen) atoms. The maximum atomic E-state index is 12.8. The molecule has 2 rings (SSSR count). The van der Waals surface area contributed by atoms with Crippen molar-refractivity contribution in [2.24, 2.45) is 0 Å². The number of nitrogens with one attached hydrogen (secondary N) is 2. The highest BCUT2D eigenvalue weighted by molar-refractivity contribution is 7.89. The van der Waals surface area contributed by atoms with Crippen molar-refractivity contribution in [1.29, 1.82) is 5.26 Å². The molecule has 9 heteroatoms. The van der Waals surface area contributed by atoms with E-state index in [-0.39, 0.29) is 17.0 Å². The molecule has 1 heterocycles. The van der Waals surface area contributed by atoms with Crippen LogP contribution in [0.5, 0.6) is 0 Å². The molecule has 2 N–H and O–H groups in total. The van der Waals surface area contributed by atoms with E-state index in [0.29, 0.717) is 25.5 Å². The first-order valence-corrected chi connectivity index (χ1v) is 8.49.